The van der Waals surface area contributed by atoms with Crippen molar-refractivity contribution >= 4 is 14.9 Å². The van der Waals surface area contributed by atoms with Crippen LogP contribution in [0.4, 0.5) is 4.79 Å². The van der Waals surface area contributed by atoms with Crippen molar-refractivity contribution in [3.05, 3.63) is 0 Å². The van der Waals surface area contributed by atoms with Gasteiger partial charge in [0.15, 0.2) is 12.6 Å². The van der Waals surface area contributed by atoms with E-state index >= 15 is 0 Å². The van der Waals surface area contributed by atoms with Crippen molar-refractivity contribution < 1.29 is 37.1 Å². The normalized spacial score (nSPS) is 14.0. The second-order valence-corrected chi connectivity index (χ2v) is 8.24. The molecule has 0 aromatic carbocycles. The maximum absolute atomic E-state index is 12.2. The lowest BCUT2D eigenvalue weighted by Gasteiger charge is -2.28. The molecule has 0 bridgehead atoms. The number of amides is 1. The smallest absolute Gasteiger partial charge is 0.448 e. The lowest BCUT2D eigenvalue weighted by Crippen LogP contribution is -2.46. The zero-order chi connectivity index (χ0) is 20.7. The van der Waals surface area contributed by atoms with Crippen molar-refractivity contribution in [2.45, 2.75) is 66.6 Å². The summed E-state index contributed by atoms with van der Waals surface area (Å²) >= 11 is 0. The monoisotopic (exact) mass is 411 g/mol. The van der Waals surface area contributed by atoms with Crippen LogP contribution in [0.15, 0.2) is 0 Å². The van der Waals surface area contributed by atoms with Crippen LogP contribution in [0.2, 0.25) is 6.04 Å². The van der Waals surface area contributed by atoms with Crippen molar-refractivity contribution in [1.82, 2.24) is 5.06 Å². The minimum atomic E-state index is -2.72. The molecule has 2 atom stereocenters. The van der Waals surface area contributed by atoms with Crippen LogP contribution in [0, 0.1) is 0 Å². The Kier molecular flexibility index (Phi) is 14.8. The SMILES string of the molecule is CCO[Si](CCCOC(=O)N(CC)OC(C)OC(C)OC)(OCC)OCC. The summed E-state index contributed by atoms with van der Waals surface area (Å²) in [6.07, 6.45) is -1.10. The second-order valence-electron chi connectivity index (χ2n) is 5.51. The lowest BCUT2D eigenvalue weighted by atomic mass is 10.5. The zero-order valence-corrected chi connectivity index (χ0v) is 18.8. The third-order valence-corrected chi connectivity index (χ3v) is 6.58. The average Bonchev–Trinajstić information content (AvgIpc) is 2.63. The number of hydrogen-bond acceptors (Lipinski definition) is 8. The molecular formula is C17H37NO8Si. The van der Waals surface area contributed by atoms with E-state index in [4.69, 9.17) is 32.3 Å². The largest absolute Gasteiger partial charge is 0.501 e. The van der Waals surface area contributed by atoms with E-state index in [9.17, 15) is 4.79 Å². The highest BCUT2D eigenvalue weighted by molar-refractivity contribution is 6.60. The number of ether oxygens (including phenoxy) is 3. The molecule has 0 N–H and O–H groups in total. The van der Waals surface area contributed by atoms with E-state index in [0.29, 0.717) is 38.8 Å². The second kappa shape index (κ2) is 15.2. The van der Waals surface area contributed by atoms with E-state index in [1.165, 1.54) is 7.11 Å². The van der Waals surface area contributed by atoms with E-state index in [1.807, 2.05) is 20.8 Å². The predicted molar refractivity (Wildman–Crippen MR) is 102 cm³/mol. The lowest BCUT2D eigenvalue weighted by molar-refractivity contribution is -0.294. The Morgan fingerprint density at radius 2 is 1.52 bits per heavy atom. The van der Waals surface area contributed by atoms with E-state index in [1.54, 1.807) is 20.8 Å². The topological polar surface area (TPSA) is 84.9 Å². The van der Waals surface area contributed by atoms with Crippen LogP contribution in [0.3, 0.4) is 0 Å². The number of hydroxylamine groups is 2. The summed E-state index contributed by atoms with van der Waals surface area (Å²) in [6, 6.07) is 0.577. The molecule has 0 fully saturated rings. The van der Waals surface area contributed by atoms with Gasteiger partial charge in [-0.1, -0.05) is 0 Å². The Hall–Kier alpha value is -0.753. The van der Waals surface area contributed by atoms with Crippen molar-refractivity contribution in [3.63, 3.8) is 0 Å². The van der Waals surface area contributed by atoms with Crippen LogP contribution in [0.25, 0.3) is 0 Å². The van der Waals surface area contributed by atoms with E-state index in [0.717, 1.165) is 5.06 Å². The van der Waals surface area contributed by atoms with Gasteiger partial charge in [0.25, 0.3) is 0 Å². The molecule has 162 valence electrons. The molecule has 0 heterocycles. The molecule has 9 nitrogen and oxygen atoms in total. The molecule has 0 radical (unpaired) electrons. The Balaban J connectivity index is 4.43. The van der Waals surface area contributed by atoms with Crippen LogP contribution in [0.5, 0.6) is 0 Å². The first-order chi connectivity index (χ1) is 12.9. The van der Waals surface area contributed by atoms with Crippen molar-refractivity contribution in [1.29, 1.82) is 0 Å². The molecular weight excluding hydrogens is 374 g/mol. The molecule has 0 aromatic heterocycles. The molecule has 0 rings (SSSR count). The molecule has 0 aliphatic rings. The highest BCUT2D eigenvalue weighted by atomic mass is 28.4. The van der Waals surface area contributed by atoms with Crippen LogP contribution in [0.1, 0.15) is 48.0 Å². The fourth-order valence-electron chi connectivity index (χ4n) is 2.30. The third-order valence-electron chi connectivity index (χ3n) is 3.43. The molecule has 0 aliphatic heterocycles. The Morgan fingerprint density at radius 3 is 1.96 bits per heavy atom. The maximum Gasteiger partial charge on any atom is 0.501 e. The molecule has 0 saturated heterocycles. The van der Waals surface area contributed by atoms with Gasteiger partial charge in [-0.05, 0) is 48.0 Å². The molecule has 0 saturated carbocycles. The van der Waals surface area contributed by atoms with Gasteiger partial charge in [0.2, 0.25) is 0 Å². The summed E-state index contributed by atoms with van der Waals surface area (Å²) in [7, 11) is -1.19. The van der Waals surface area contributed by atoms with E-state index in [2.05, 4.69) is 0 Å². The third kappa shape index (κ3) is 11.0. The van der Waals surface area contributed by atoms with Crippen LogP contribution in [-0.2, 0) is 32.3 Å². The number of methoxy groups -OCH3 is 1. The first kappa shape index (κ1) is 26.2. The van der Waals surface area contributed by atoms with Gasteiger partial charge >= 0.3 is 14.9 Å². The van der Waals surface area contributed by atoms with Crippen LogP contribution >= 0.6 is 0 Å². The molecule has 10 heteroatoms. The van der Waals surface area contributed by atoms with Gasteiger partial charge in [0, 0.05) is 39.5 Å². The zero-order valence-electron chi connectivity index (χ0n) is 17.8. The van der Waals surface area contributed by atoms with Gasteiger partial charge in [-0.3, -0.25) is 0 Å². The molecule has 0 spiro atoms. The number of nitrogens with zero attached hydrogens (tertiary/aromatic N) is 1. The number of rotatable bonds is 16. The first-order valence-electron chi connectivity index (χ1n) is 9.59. The summed E-state index contributed by atoms with van der Waals surface area (Å²) in [5.41, 5.74) is 0. The van der Waals surface area contributed by atoms with Crippen molar-refractivity contribution in [2.75, 3.05) is 40.1 Å². The molecule has 1 amide bonds. The van der Waals surface area contributed by atoms with E-state index < -0.39 is 27.5 Å². The fraction of sp³-hybridized carbons (Fsp3) is 0.941. The summed E-state index contributed by atoms with van der Waals surface area (Å²) in [5.74, 6) is 0. The quantitative estimate of drug-likeness (QED) is 0.166. The van der Waals surface area contributed by atoms with Crippen molar-refractivity contribution in [3.8, 4) is 0 Å². The number of hydrogen-bond donors (Lipinski definition) is 0. The Morgan fingerprint density at radius 1 is 0.963 bits per heavy atom. The van der Waals surface area contributed by atoms with Gasteiger partial charge in [-0.25, -0.2) is 9.63 Å². The van der Waals surface area contributed by atoms with Crippen molar-refractivity contribution in [2.24, 2.45) is 0 Å². The number of carbonyl (C=O) groups excluding carboxylic acids is 1. The molecule has 2 unspecified atom stereocenters. The number of carbonyl (C=O) groups is 1. The maximum atomic E-state index is 12.2. The van der Waals surface area contributed by atoms with Gasteiger partial charge in [-0.15, -0.1) is 0 Å². The van der Waals surface area contributed by atoms with Gasteiger partial charge < -0.3 is 27.5 Å². The van der Waals surface area contributed by atoms with E-state index in [-0.39, 0.29) is 6.61 Å². The van der Waals surface area contributed by atoms with Gasteiger partial charge in [0.05, 0.1) is 6.61 Å². The van der Waals surface area contributed by atoms with Crippen LogP contribution < -0.4 is 0 Å². The minimum Gasteiger partial charge on any atom is -0.448 e. The molecule has 27 heavy (non-hydrogen) atoms. The highest BCUT2D eigenvalue weighted by Crippen LogP contribution is 2.18. The fourth-order valence-corrected chi connectivity index (χ4v) is 4.88. The first-order valence-corrected chi connectivity index (χ1v) is 11.5. The summed E-state index contributed by atoms with van der Waals surface area (Å²) < 4.78 is 33.0. The Bertz CT molecular complexity index is 371. The highest BCUT2D eigenvalue weighted by Gasteiger charge is 2.39. The molecule has 0 aromatic rings. The average molecular weight is 412 g/mol. The van der Waals surface area contributed by atoms with Gasteiger partial charge in [-0.2, -0.15) is 5.06 Å². The Labute approximate surface area is 164 Å². The van der Waals surface area contributed by atoms with Gasteiger partial charge in [0.1, 0.15) is 0 Å². The standard InChI is InChI=1S/C17H37NO8Si/c1-8-18(26-16(6)25-15(5)20-7)17(19)21-13-12-14-27(22-9-2,23-10-3)24-11-4/h15-16H,8-14H2,1-7H3. The minimum absolute atomic E-state index is 0.213. The summed E-state index contributed by atoms with van der Waals surface area (Å²) in [4.78, 5) is 17.6. The predicted octanol–water partition coefficient (Wildman–Crippen LogP) is 3.17. The summed E-state index contributed by atoms with van der Waals surface area (Å²) in [5, 5.41) is 1.12. The van der Waals surface area contributed by atoms with Crippen LogP contribution in [-0.4, -0.2) is 72.6 Å². The molecule has 0 aliphatic carbocycles. The summed E-state index contributed by atoms with van der Waals surface area (Å²) in [6.45, 7) is 13.0.